The first-order chi connectivity index (χ1) is 9.31. The first kappa shape index (κ1) is 14.3. The Labute approximate surface area is 119 Å². The van der Waals surface area contributed by atoms with Crippen molar-refractivity contribution in [1.82, 2.24) is 9.88 Å². The van der Waals surface area contributed by atoms with Crippen LogP contribution in [0.2, 0.25) is 0 Å². The highest BCUT2D eigenvalue weighted by atomic mass is 32.1. The maximum absolute atomic E-state index is 5.01. The molecule has 0 radical (unpaired) electrons. The standard InChI is InChI=1S/C15H22N2OS/c1-3-14-4-5-15(19-14)12-17-8-6-13(11-17)10-16-7-9-18-2/h4-6,8,11,16H,3,7,9-10,12H2,1-2H3. The molecule has 0 fully saturated rings. The number of aromatic nitrogens is 1. The van der Waals surface area contributed by atoms with E-state index in [-0.39, 0.29) is 0 Å². The molecule has 0 aliphatic heterocycles. The molecule has 0 saturated carbocycles. The van der Waals surface area contributed by atoms with Crippen molar-refractivity contribution in [2.75, 3.05) is 20.3 Å². The molecule has 19 heavy (non-hydrogen) atoms. The quantitative estimate of drug-likeness (QED) is 0.751. The Hall–Kier alpha value is -1.10. The van der Waals surface area contributed by atoms with Crippen molar-refractivity contribution in [3.8, 4) is 0 Å². The Balaban J connectivity index is 1.83. The zero-order valence-electron chi connectivity index (χ0n) is 11.7. The minimum Gasteiger partial charge on any atom is -0.383 e. The van der Waals surface area contributed by atoms with E-state index in [4.69, 9.17) is 4.74 Å². The number of hydrogen-bond donors (Lipinski definition) is 1. The molecule has 0 unspecified atom stereocenters. The van der Waals surface area contributed by atoms with Gasteiger partial charge in [0.2, 0.25) is 0 Å². The molecule has 2 rings (SSSR count). The summed E-state index contributed by atoms with van der Waals surface area (Å²) in [6, 6.07) is 6.64. The first-order valence-corrected chi connectivity index (χ1v) is 7.55. The van der Waals surface area contributed by atoms with Crippen LogP contribution in [0, 0.1) is 0 Å². The highest BCUT2D eigenvalue weighted by molar-refractivity contribution is 7.11. The number of nitrogens with zero attached hydrogens (tertiary/aromatic N) is 1. The lowest BCUT2D eigenvalue weighted by Gasteiger charge is -2.02. The summed E-state index contributed by atoms with van der Waals surface area (Å²) in [5, 5.41) is 3.36. The summed E-state index contributed by atoms with van der Waals surface area (Å²) >= 11 is 1.91. The van der Waals surface area contributed by atoms with Crippen LogP contribution >= 0.6 is 11.3 Å². The Kier molecular flexibility index (Phi) is 5.63. The van der Waals surface area contributed by atoms with Gasteiger partial charge in [-0.05, 0) is 30.2 Å². The Morgan fingerprint density at radius 1 is 1.26 bits per heavy atom. The summed E-state index contributed by atoms with van der Waals surface area (Å²) in [6.45, 7) is 5.74. The zero-order chi connectivity index (χ0) is 13.5. The van der Waals surface area contributed by atoms with Crippen LogP contribution in [0.25, 0.3) is 0 Å². The SMILES string of the molecule is CCc1ccc(Cn2ccc(CNCCOC)c2)s1. The molecule has 2 aromatic heterocycles. The number of nitrogens with one attached hydrogen (secondary N) is 1. The smallest absolute Gasteiger partial charge is 0.0587 e. The van der Waals surface area contributed by atoms with Crippen LogP contribution in [-0.4, -0.2) is 24.8 Å². The molecule has 2 heterocycles. The van der Waals surface area contributed by atoms with E-state index >= 15 is 0 Å². The van der Waals surface area contributed by atoms with Crippen molar-refractivity contribution in [2.24, 2.45) is 0 Å². The van der Waals surface area contributed by atoms with Crippen molar-refractivity contribution in [3.63, 3.8) is 0 Å². The summed E-state index contributed by atoms with van der Waals surface area (Å²) < 4.78 is 7.26. The number of methoxy groups -OCH3 is 1. The van der Waals surface area contributed by atoms with E-state index in [1.165, 1.54) is 15.3 Å². The number of hydrogen-bond acceptors (Lipinski definition) is 3. The molecular weight excluding hydrogens is 256 g/mol. The molecule has 0 bridgehead atoms. The molecule has 1 N–H and O–H groups in total. The molecule has 104 valence electrons. The molecule has 3 nitrogen and oxygen atoms in total. The van der Waals surface area contributed by atoms with Gasteiger partial charge in [0.15, 0.2) is 0 Å². The van der Waals surface area contributed by atoms with E-state index in [1.807, 2.05) is 11.3 Å². The predicted octanol–water partition coefficient (Wildman–Crippen LogP) is 2.90. The van der Waals surface area contributed by atoms with E-state index in [9.17, 15) is 0 Å². The lowest BCUT2D eigenvalue weighted by atomic mass is 10.3. The number of thiophene rings is 1. The fourth-order valence-corrected chi connectivity index (χ4v) is 2.94. The van der Waals surface area contributed by atoms with Crippen molar-refractivity contribution in [2.45, 2.75) is 26.4 Å². The minimum atomic E-state index is 0.760. The van der Waals surface area contributed by atoms with E-state index in [1.54, 1.807) is 7.11 Å². The predicted molar refractivity (Wildman–Crippen MR) is 80.8 cm³/mol. The van der Waals surface area contributed by atoms with Crippen molar-refractivity contribution in [3.05, 3.63) is 45.9 Å². The maximum atomic E-state index is 5.01. The number of aryl methyl sites for hydroxylation is 1. The van der Waals surface area contributed by atoms with Crippen LogP contribution in [0.15, 0.2) is 30.6 Å². The number of rotatable bonds is 8. The second kappa shape index (κ2) is 7.48. The Morgan fingerprint density at radius 2 is 2.11 bits per heavy atom. The highest BCUT2D eigenvalue weighted by Crippen LogP contribution is 2.18. The van der Waals surface area contributed by atoms with E-state index in [2.05, 4.69) is 47.4 Å². The molecule has 2 aromatic rings. The lowest BCUT2D eigenvalue weighted by Crippen LogP contribution is -2.18. The topological polar surface area (TPSA) is 26.2 Å². The highest BCUT2D eigenvalue weighted by Gasteiger charge is 2.01. The van der Waals surface area contributed by atoms with Crippen LogP contribution in [0.5, 0.6) is 0 Å². The van der Waals surface area contributed by atoms with Gasteiger partial charge in [0.25, 0.3) is 0 Å². The molecule has 0 atom stereocenters. The fourth-order valence-electron chi connectivity index (χ4n) is 1.98. The van der Waals surface area contributed by atoms with Gasteiger partial charge < -0.3 is 14.6 Å². The van der Waals surface area contributed by atoms with Crippen LogP contribution in [0.3, 0.4) is 0 Å². The van der Waals surface area contributed by atoms with Crippen LogP contribution < -0.4 is 5.32 Å². The van der Waals surface area contributed by atoms with E-state index < -0.39 is 0 Å². The number of ether oxygens (including phenoxy) is 1. The van der Waals surface area contributed by atoms with E-state index in [0.29, 0.717) is 0 Å². The average Bonchev–Trinajstić information content (AvgIpc) is 3.05. The van der Waals surface area contributed by atoms with Gasteiger partial charge in [-0.3, -0.25) is 0 Å². The van der Waals surface area contributed by atoms with Crippen LogP contribution in [0.1, 0.15) is 22.2 Å². The van der Waals surface area contributed by atoms with Gasteiger partial charge in [-0.15, -0.1) is 11.3 Å². The second-order valence-corrected chi connectivity index (χ2v) is 5.84. The molecule has 0 spiro atoms. The van der Waals surface area contributed by atoms with Gasteiger partial charge in [0.1, 0.15) is 0 Å². The van der Waals surface area contributed by atoms with Crippen LogP contribution in [0.4, 0.5) is 0 Å². The summed E-state index contributed by atoms with van der Waals surface area (Å²) in [6.07, 6.45) is 5.49. The second-order valence-electron chi connectivity index (χ2n) is 4.58. The van der Waals surface area contributed by atoms with Gasteiger partial charge in [-0.25, -0.2) is 0 Å². The van der Waals surface area contributed by atoms with Gasteiger partial charge in [-0.1, -0.05) is 6.92 Å². The van der Waals surface area contributed by atoms with Crippen molar-refractivity contribution in [1.29, 1.82) is 0 Å². The summed E-state index contributed by atoms with van der Waals surface area (Å²) in [7, 11) is 1.73. The summed E-state index contributed by atoms with van der Waals surface area (Å²) in [4.78, 5) is 2.88. The third-order valence-electron chi connectivity index (χ3n) is 3.03. The van der Waals surface area contributed by atoms with Crippen molar-refractivity contribution < 1.29 is 4.74 Å². The van der Waals surface area contributed by atoms with Crippen molar-refractivity contribution >= 4 is 11.3 Å². The minimum absolute atomic E-state index is 0.760. The third kappa shape index (κ3) is 4.49. The molecule has 0 saturated heterocycles. The van der Waals surface area contributed by atoms with Gasteiger partial charge in [0, 0.05) is 42.3 Å². The monoisotopic (exact) mass is 278 g/mol. The normalized spacial score (nSPS) is 11.1. The average molecular weight is 278 g/mol. The van der Waals surface area contributed by atoms with Gasteiger partial charge in [-0.2, -0.15) is 0 Å². The summed E-state index contributed by atoms with van der Waals surface area (Å²) in [5.74, 6) is 0. The molecular formula is C15H22N2OS. The third-order valence-corrected chi connectivity index (χ3v) is 4.24. The van der Waals surface area contributed by atoms with Gasteiger partial charge >= 0.3 is 0 Å². The lowest BCUT2D eigenvalue weighted by molar-refractivity contribution is 0.199. The van der Waals surface area contributed by atoms with E-state index in [0.717, 1.165) is 32.7 Å². The molecule has 0 amide bonds. The van der Waals surface area contributed by atoms with Crippen LogP contribution in [-0.2, 0) is 24.2 Å². The zero-order valence-corrected chi connectivity index (χ0v) is 12.5. The van der Waals surface area contributed by atoms with Gasteiger partial charge in [0.05, 0.1) is 13.2 Å². The molecule has 4 heteroatoms. The maximum Gasteiger partial charge on any atom is 0.0587 e. The molecule has 0 aliphatic rings. The fraction of sp³-hybridized carbons (Fsp3) is 0.467. The largest absolute Gasteiger partial charge is 0.383 e. The molecule has 0 aromatic carbocycles. The Bertz CT molecular complexity index is 490. The molecule has 0 aliphatic carbocycles. The Morgan fingerprint density at radius 3 is 2.84 bits per heavy atom. The first-order valence-electron chi connectivity index (χ1n) is 6.73. The summed E-state index contributed by atoms with van der Waals surface area (Å²) in [5.41, 5.74) is 1.32.